The molecule has 1 heterocycles. The van der Waals surface area contributed by atoms with Crippen molar-refractivity contribution in [1.82, 2.24) is 5.32 Å². The van der Waals surface area contributed by atoms with E-state index in [-0.39, 0.29) is 0 Å². The SMILES string of the molecule is [B]C(CC1CNC1)C(C)C. The summed E-state index contributed by atoms with van der Waals surface area (Å²) in [5, 5.41) is 3.25. The van der Waals surface area contributed by atoms with Gasteiger partial charge in [0.1, 0.15) is 0 Å². The molecule has 0 aromatic carbocycles. The van der Waals surface area contributed by atoms with Crippen molar-refractivity contribution in [3.63, 3.8) is 0 Å². The summed E-state index contributed by atoms with van der Waals surface area (Å²) in [6.45, 7) is 6.74. The molecule has 1 fully saturated rings. The minimum atomic E-state index is 0.409. The zero-order valence-corrected chi connectivity index (χ0v) is 6.93. The normalized spacial score (nSPS) is 22.7. The van der Waals surface area contributed by atoms with E-state index in [1.54, 1.807) is 0 Å². The van der Waals surface area contributed by atoms with Crippen molar-refractivity contribution >= 4 is 7.85 Å². The molecular formula is C8H16BN. The lowest BCUT2D eigenvalue weighted by molar-refractivity contribution is 0.306. The zero-order chi connectivity index (χ0) is 7.56. The van der Waals surface area contributed by atoms with Crippen molar-refractivity contribution in [1.29, 1.82) is 0 Å². The topological polar surface area (TPSA) is 12.0 Å². The summed E-state index contributed by atoms with van der Waals surface area (Å²) in [5.41, 5.74) is 0. The fourth-order valence-corrected chi connectivity index (χ4v) is 1.17. The summed E-state index contributed by atoms with van der Waals surface area (Å²) in [6, 6.07) is 0. The maximum absolute atomic E-state index is 5.90. The second kappa shape index (κ2) is 3.43. The Labute approximate surface area is 65.0 Å². The number of hydrogen-bond donors (Lipinski definition) is 1. The molecule has 1 aliphatic rings. The number of hydrogen-bond acceptors (Lipinski definition) is 1. The standard InChI is InChI=1S/C8H16BN/c1-6(2)8(9)3-7-4-10-5-7/h6-8,10H,3-5H2,1-2H3. The molecule has 0 saturated carbocycles. The van der Waals surface area contributed by atoms with Gasteiger partial charge in [-0.15, -0.1) is 0 Å². The summed E-state index contributed by atoms with van der Waals surface area (Å²) in [5.74, 6) is 1.91. The minimum absolute atomic E-state index is 0.409. The Kier molecular flexibility index (Phi) is 2.78. The fourth-order valence-electron chi connectivity index (χ4n) is 1.17. The third-order valence-corrected chi connectivity index (χ3v) is 2.33. The Balaban J connectivity index is 2.10. The maximum Gasteiger partial charge on any atom is 0.0703 e. The van der Waals surface area contributed by atoms with Crippen LogP contribution in [0.1, 0.15) is 20.3 Å². The molecule has 0 bridgehead atoms. The summed E-state index contributed by atoms with van der Waals surface area (Å²) in [6.07, 6.45) is 1.20. The van der Waals surface area contributed by atoms with E-state index in [0.29, 0.717) is 11.7 Å². The highest BCUT2D eigenvalue weighted by Crippen LogP contribution is 2.24. The molecular weight excluding hydrogens is 121 g/mol. The third kappa shape index (κ3) is 2.01. The molecule has 0 aliphatic carbocycles. The van der Waals surface area contributed by atoms with E-state index in [1.807, 2.05) is 0 Å². The van der Waals surface area contributed by atoms with Gasteiger partial charge in [-0.2, -0.15) is 0 Å². The van der Waals surface area contributed by atoms with Gasteiger partial charge >= 0.3 is 0 Å². The largest absolute Gasteiger partial charge is 0.316 e. The molecule has 1 unspecified atom stereocenters. The third-order valence-electron chi connectivity index (χ3n) is 2.33. The van der Waals surface area contributed by atoms with E-state index in [9.17, 15) is 0 Å². The van der Waals surface area contributed by atoms with Crippen LogP contribution in [0.5, 0.6) is 0 Å². The molecule has 2 radical (unpaired) electrons. The minimum Gasteiger partial charge on any atom is -0.316 e. The van der Waals surface area contributed by atoms with Gasteiger partial charge in [-0.1, -0.05) is 32.0 Å². The molecule has 1 N–H and O–H groups in total. The smallest absolute Gasteiger partial charge is 0.0703 e. The number of rotatable bonds is 3. The van der Waals surface area contributed by atoms with Gasteiger partial charge in [0.05, 0.1) is 7.85 Å². The summed E-state index contributed by atoms with van der Waals surface area (Å²) in [4.78, 5) is 0. The lowest BCUT2D eigenvalue weighted by Crippen LogP contribution is -2.42. The van der Waals surface area contributed by atoms with Crippen molar-refractivity contribution in [2.75, 3.05) is 13.1 Å². The Hall–Kier alpha value is 0.0249. The van der Waals surface area contributed by atoms with Gasteiger partial charge in [0.15, 0.2) is 0 Å². The van der Waals surface area contributed by atoms with Crippen molar-refractivity contribution < 1.29 is 0 Å². The van der Waals surface area contributed by atoms with Gasteiger partial charge < -0.3 is 5.32 Å². The summed E-state index contributed by atoms with van der Waals surface area (Å²) in [7, 11) is 5.90. The van der Waals surface area contributed by atoms with E-state index < -0.39 is 0 Å². The zero-order valence-electron chi connectivity index (χ0n) is 6.93. The van der Waals surface area contributed by atoms with E-state index in [4.69, 9.17) is 7.85 Å². The van der Waals surface area contributed by atoms with Crippen molar-refractivity contribution in [3.05, 3.63) is 0 Å². The van der Waals surface area contributed by atoms with Crippen LogP contribution in [0.25, 0.3) is 0 Å². The quantitative estimate of drug-likeness (QED) is 0.576. The molecule has 0 spiro atoms. The lowest BCUT2D eigenvalue weighted by Gasteiger charge is -2.31. The molecule has 2 heteroatoms. The second-order valence-corrected chi connectivity index (χ2v) is 3.67. The summed E-state index contributed by atoms with van der Waals surface area (Å²) >= 11 is 0. The first-order valence-corrected chi connectivity index (χ1v) is 4.16. The Morgan fingerprint density at radius 1 is 1.50 bits per heavy atom. The predicted octanol–water partition coefficient (Wildman–Crippen LogP) is 1.21. The first kappa shape index (κ1) is 8.12. The highest BCUT2D eigenvalue weighted by molar-refractivity contribution is 6.11. The van der Waals surface area contributed by atoms with Crippen molar-refractivity contribution in [3.8, 4) is 0 Å². The van der Waals surface area contributed by atoms with Gasteiger partial charge in [0, 0.05) is 0 Å². The molecule has 1 nitrogen and oxygen atoms in total. The molecule has 1 atom stereocenters. The number of nitrogens with one attached hydrogen (secondary N) is 1. The average molecular weight is 137 g/mol. The first-order valence-electron chi connectivity index (χ1n) is 4.16. The molecule has 0 aromatic rings. The molecule has 56 valence electrons. The van der Waals surface area contributed by atoms with Crippen LogP contribution in [0.2, 0.25) is 5.82 Å². The van der Waals surface area contributed by atoms with Crippen molar-refractivity contribution in [2.45, 2.75) is 26.1 Å². The van der Waals surface area contributed by atoms with Gasteiger partial charge in [0.2, 0.25) is 0 Å². The Morgan fingerprint density at radius 2 is 2.10 bits per heavy atom. The van der Waals surface area contributed by atoms with Crippen LogP contribution in [0.3, 0.4) is 0 Å². The molecule has 10 heavy (non-hydrogen) atoms. The molecule has 1 saturated heterocycles. The molecule has 0 aromatic heterocycles. The molecule has 1 aliphatic heterocycles. The van der Waals surface area contributed by atoms with Crippen LogP contribution in [0, 0.1) is 11.8 Å². The van der Waals surface area contributed by atoms with Crippen LogP contribution in [0.15, 0.2) is 0 Å². The van der Waals surface area contributed by atoms with Crippen molar-refractivity contribution in [2.24, 2.45) is 11.8 Å². The highest BCUT2D eigenvalue weighted by atomic mass is 14.9. The first-order chi connectivity index (χ1) is 4.70. The highest BCUT2D eigenvalue weighted by Gasteiger charge is 2.20. The van der Waals surface area contributed by atoms with E-state index in [0.717, 1.165) is 5.92 Å². The molecule has 1 rings (SSSR count). The van der Waals surface area contributed by atoms with Crippen LogP contribution >= 0.6 is 0 Å². The predicted molar refractivity (Wildman–Crippen MR) is 45.3 cm³/mol. The van der Waals surface area contributed by atoms with E-state index in [1.165, 1.54) is 19.5 Å². The van der Waals surface area contributed by atoms with E-state index in [2.05, 4.69) is 19.2 Å². The second-order valence-electron chi connectivity index (χ2n) is 3.67. The van der Waals surface area contributed by atoms with Gasteiger partial charge in [-0.3, -0.25) is 0 Å². The van der Waals surface area contributed by atoms with Crippen LogP contribution < -0.4 is 5.32 Å². The van der Waals surface area contributed by atoms with Crippen LogP contribution in [-0.4, -0.2) is 20.9 Å². The summed E-state index contributed by atoms with van der Waals surface area (Å²) < 4.78 is 0. The van der Waals surface area contributed by atoms with E-state index >= 15 is 0 Å². The fraction of sp³-hybridized carbons (Fsp3) is 1.00. The maximum atomic E-state index is 5.90. The van der Waals surface area contributed by atoms with Crippen LogP contribution in [0.4, 0.5) is 0 Å². The van der Waals surface area contributed by atoms with Crippen LogP contribution in [-0.2, 0) is 0 Å². The molecule has 0 amide bonds. The van der Waals surface area contributed by atoms with Gasteiger partial charge in [-0.05, 0) is 19.0 Å². The monoisotopic (exact) mass is 137 g/mol. The van der Waals surface area contributed by atoms with Gasteiger partial charge in [-0.25, -0.2) is 0 Å². The average Bonchev–Trinajstić information content (AvgIpc) is 1.77. The van der Waals surface area contributed by atoms with Gasteiger partial charge in [0.25, 0.3) is 0 Å². The Bertz CT molecular complexity index is 99.4. The Morgan fingerprint density at radius 3 is 2.40 bits per heavy atom. The lowest BCUT2D eigenvalue weighted by atomic mass is 9.72.